The highest BCUT2D eigenvalue weighted by atomic mass is 16.3. The number of nitrogens with one attached hydrogen (secondary N) is 1. The summed E-state index contributed by atoms with van der Waals surface area (Å²) < 4.78 is 0. The number of hydrogen-bond donors (Lipinski definition) is 2. The van der Waals surface area contributed by atoms with E-state index in [1.54, 1.807) is 12.1 Å². The van der Waals surface area contributed by atoms with Gasteiger partial charge in [0.15, 0.2) is 0 Å². The molecule has 0 fully saturated rings. The molecule has 0 radical (unpaired) electrons. The third-order valence-corrected chi connectivity index (χ3v) is 2.89. The minimum atomic E-state index is -0.375. The minimum Gasteiger partial charge on any atom is -0.506 e. The predicted molar refractivity (Wildman–Crippen MR) is 89.9 cm³/mol. The molecule has 2 N–H and O–H groups in total. The summed E-state index contributed by atoms with van der Waals surface area (Å²) in [4.78, 5) is 18.3. The summed E-state index contributed by atoms with van der Waals surface area (Å²) in [5.74, 6) is 0.820. The molecule has 1 aromatic rings. The Morgan fingerprint density at radius 2 is 2.18 bits per heavy atom. The van der Waals surface area contributed by atoms with Gasteiger partial charge >= 0.3 is 0 Å². The molecule has 5 heteroatoms. The highest BCUT2D eigenvalue weighted by Gasteiger charge is 2.11. The van der Waals surface area contributed by atoms with Crippen molar-refractivity contribution < 1.29 is 9.90 Å². The van der Waals surface area contributed by atoms with Crippen LogP contribution in [0.2, 0.25) is 0 Å². The fourth-order valence-electron chi connectivity index (χ4n) is 1.87. The van der Waals surface area contributed by atoms with Gasteiger partial charge in [-0.25, -0.2) is 4.98 Å². The second-order valence-electron chi connectivity index (χ2n) is 5.40. The topological polar surface area (TPSA) is 65.5 Å². The lowest BCUT2D eigenvalue weighted by Gasteiger charge is -2.20. The number of hydrogen-bond acceptors (Lipinski definition) is 4. The number of nitrogens with zero attached hydrogens (tertiary/aromatic N) is 2. The Kier molecular flexibility index (Phi) is 6.38. The Bertz CT molecular complexity index is 574. The van der Waals surface area contributed by atoms with Gasteiger partial charge in [-0.2, -0.15) is 0 Å². The quantitative estimate of drug-likeness (QED) is 0.600. The zero-order valence-corrected chi connectivity index (χ0v) is 13.3. The number of aliphatic hydroxyl groups is 1. The number of allylic oxidation sites excluding steroid dienone is 2. The zero-order chi connectivity index (χ0) is 16.7. The van der Waals surface area contributed by atoms with Gasteiger partial charge in [-0.15, -0.1) is 0 Å². The summed E-state index contributed by atoms with van der Waals surface area (Å²) in [5, 5.41) is 12.1. The lowest BCUT2D eigenvalue weighted by molar-refractivity contribution is 0.0964. The van der Waals surface area contributed by atoms with Gasteiger partial charge < -0.3 is 15.3 Å². The Labute approximate surface area is 131 Å². The van der Waals surface area contributed by atoms with Gasteiger partial charge in [0.2, 0.25) is 0 Å². The van der Waals surface area contributed by atoms with E-state index >= 15 is 0 Å². The standard InChI is InChI=1S/C17H23N3O2/c1-6-7-15(21)13(4)19-17(22)14-8-9-16(18-10-14)20(5)11-12(2)3/h6-10,12,21H,1,4,11H2,2-3,5H3,(H,19,22)/b15-7+. The Morgan fingerprint density at radius 1 is 1.50 bits per heavy atom. The summed E-state index contributed by atoms with van der Waals surface area (Å²) >= 11 is 0. The molecule has 1 rings (SSSR count). The van der Waals surface area contributed by atoms with Crippen LogP contribution >= 0.6 is 0 Å². The number of anilines is 1. The molecule has 0 saturated heterocycles. The summed E-state index contributed by atoms with van der Waals surface area (Å²) in [6.07, 6.45) is 4.27. The van der Waals surface area contributed by atoms with Crippen molar-refractivity contribution in [2.75, 3.05) is 18.5 Å². The Balaban J connectivity index is 2.74. The van der Waals surface area contributed by atoms with Gasteiger partial charge in [0, 0.05) is 19.8 Å². The summed E-state index contributed by atoms with van der Waals surface area (Å²) in [6, 6.07) is 3.48. The van der Waals surface area contributed by atoms with Crippen LogP contribution in [0.1, 0.15) is 24.2 Å². The molecule has 22 heavy (non-hydrogen) atoms. The second kappa shape index (κ2) is 8.02. The van der Waals surface area contributed by atoms with E-state index in [4.69, 9.17) is 0 Å². The minimum absolute atomic E-state index is 0.117. The van der Waals surface area contributed by atoms with Crippen LogP contribution in [0.15, 0.2) is 55.1 Å². The van der Waals surface area contributed by atoms with Gasteiger partial charge in [-0.1, -0.05) is 33.1 Å². The molecule has 0 saturated carbocycles. The number of carbonyl (C=O) groups excluding carboxylic acids is 1. The molecule has 0 aromatic carbocycles. The molecule has 0 unspecified atom stereocenters. The van der Waals surface area contributed by atoms with Crippen molar-refractivity contribution in [3.05, 3.63) is 60.7 Å². The first-order valence-corrected chi connectivity index (χ1v) is 7.04. The normalized spacial score (nSPS) is 11.2. The number of rotatable bonds is 7. The molecule has 1 aromatic heterocycles. The van der Waals surface area contributed by atoms with E-state index in [2.05, 4.69) is 37.3 Å². The third kappa shape index (κ3) is 5.09. The first kappa shape index (κ1) is 17.5. The average molecular weight is 301 g/mol. The predicted octanol–water partition coefficient (Wildman–Crippen LogP) is 3.05. The number of amides is 1. The van der Waals surface area contributed by atoms with Crippen LogP contribution in [-0.2, 0) is 0 Å². The van der Waals surface area contributed by atoms with Crippen LogP contribution < -0.4 is 10.2 Å². The van der Waals surface area contributed by atoms with E-state index < -0.39 is 0 Å². The van der Waals surface area contributed by atoms with E-state index in [1.807, 2.05) is 11.9 Å². The number of aliphatic hydroxyl groups excluding tert-OH is 1. The maximum atomic E-state index is 12.0. The van der Waals surface area contributed by atoms with E-state index in [-0.39, 0.29) is 17.4 Å². The molecule has 0 aliphatic carbocycles. The van der Waals surface area contributed by atoms with Crippen molar-refractivity contribution in [1.82, 2.24) is 10.3 Å². The molecule has 0 spiro atoms. The zero-order valence-electron chi connectivity index (χ0n) is 13.3. The third-order valence-electron chi connectivity index (χ3n) is 2.89. The summed E-state index contributed by atoms with van der Waals surface area (Å²) in [7, 11) is 1.96. The van der Waals surface area contributed by atoms with Crippen molar-refractivity contribution in [1.29, 1.82) is 0 Å². The molecule has 1 heterocycles. The van der Waals surface area contributed by atoms with E-state index in [1.165, 1.54) is 18.3 Å². The molecule has 0 atom stereocenters. The number of carbonyl (C=O) groups is 1. The van der Waals surface area contributed by atoms with Crippen molar-refractivity contribution in [3.8, 4) is 0 Å². The van der Waals surface area contributed by atoms with E-state index in [0.29, 0.717) is 11.5 Å². The molecule has 0 aliphatic rings. The lowest BCUT2D eigenvalue weighted by atomic mass is 10.2. The van der Waals surface area contributed by atoms with Crippen LogP contribution in [0, 0.1) is 5.92 Å². The van der Waals surface area contributed by atoms with Crippen molar-refractivity contribution in [2.45, 2.75) is 13.8 Å². The van der Waals surface area contributed by atoms with Gasteiger partial charge in [-0.05, 0) is 24.1 Å². The molecule has 0 bridgehead atoms. The van der Waals surface area contributed by atoms with Gasteiger partial charge in [0.1, 0.15) is 11.6 Å². The average Bonchev–Trinajstić information content (AvgIpc) is 2.46. The van der Waals surface area contributed by atoms with Gasteiger partial charge in [0.25, 0.3) is 5.91 Å². The van der Waals surface area contributed by atoms with Crippen LogP contribution in [0.3, 0.4) is 0 Å². The summed E-state index contributed by atoms with van der Waals surface area (Å²) in [6.45, 7) is 12.2. The van der Waals surface area contributed by atoms with Gasteiger partial charge in [0.05, 0.1) is 11.3 Å². The Morgan fingerprint density at radius 3 is 2.68 bits per heavy atom. The van der Waals surface area contributed by atoms with Crippen LogP contribution in [0.4, 0.5) is 5.82 Å². The largest absolute Gasteiger partial charge is 0.506 e. The van der Waals surface area contributed by atoms with Crippen LogP contribution in [0.5, 0.6) is 0 Å². The summed E-state index contributed by atoms with van der Waals surface area (Å²) in [5.41, 5.74) is 0.514. The first-order chi connectivity index (χ1) is 10.3. The highest BCUT2D eigenvalue weighted by Crippen LogP contribution is 2.12. The second-order valence-corrected chi connectivity index (χ2v) is 5.40. The van der Waals surface area contributed by atoms with Crippen molar-refractivity contribution >= 4 is 11.7 Å². The maximum Gasteiger partial charge on any atom is 0.257 e. The molecule has 5 nitrogen and oxygen atoms in total. The SMILES string of the molecule is C=C/C=C(/O)C(=C)NC(=O)c1ccc(N(C)CC(C)C)nc1. The lowest BCUT2D eigenvalue weighted by Crippen LogP contribution is -2.25. The fraction of sp³-hybridized carbons (Fsp3) is 0.294. The van der Waals surface area contributed by atoms with E-state index in [0.717, 1.165) is 12.4 Å². The van der Waals surface area contributed by atoms with Crippen LogP contribution in [-0.4, -0.2) is 29.6 Å². The van der Waals surface area contributed by atoms with E-state index in [9.17, 15) is 9.90 Å². The Hall–Kier alpha value is -2.56. The molecule has 1 amide bonds. The first-order valence-electron chi connectivity index (χ1n) is 7.04. The van der Waals surface area contributed by atoms with Crippen molar-refractivity contribution in [2.24, 2.45) is 5.92 Å². The smallest absolute Gasteiger partial charge is 0.257 e. The van der Waals surface area contributed by atoms with Crippen molar-refractivity contribution in [3.63, 3.8) is 0 Å². The molecular formula is C17H23N3O2. The molecular weight excluding hydrogens is 278 g/mol. The molecule has 0 aliphatic heterocycles. The highest BCUT2D eigenvalue weighted by molar-refractivity contribution is 5.95. The monoisotopic (exact) mass is 301 g/mol. The van der Waals surface area contributed by atoms with Crippen LogP contribution in [0.25, 0.3) is 0 Å². The maximum absolute atomic E-state index is 12.0. The number of aromatic nitrogens is 1. The van der Waals surface area contributed by atoms with Gasteiger partial charge in [-0.3, -0.25) is 4.79 Å². The molecule has 118 valence electrons. The number of pyridine rings is 1. The fourth-order valence-corrected chi connectivity index (χ4v) is 1.87.